The number of benzene rings is 1. The van der Waals surface area contributed by atoms with Crippen molar-refractivity contribution in [3.05, 3.63) is 28.8 Å². The number of ether oxygens (including phenoxy) is 1. The molecule has 0 saturated carbocycles. The third kappa shape index (κ3) is 5.03. The van der Waals surface area contributed by atoms with Crippen LogP contribution < -0.4 is 10.6 Å². The lowest BCUT2D eigenvalue weighted by molar-refractivity contribution is -0.122. The molecule has 0 spiro atoms. The Labute approximate surface area is 128 Å². The standard InChI is InChI=1S/C13H17ClN2O3S/c1-8(12(17)15-5-6-19-2)16-13(18)10-7-9(20)3-4-11(10)14/h3-4,7-8,20H,5-6H2,1-2H3,(H,15,17)(H,16,18). The summed E-state index contributed by atoms with van der Waals surface area (Å²) >= 11 is 10.1. The van der Waals surface area contributed by atoms with Gasteiger partial charge in [0.1, 0.15) is 6.04 Å². The minimum absolute atomic E-state index is 0.284. The Morgan fingerprint density at radius 3 is 2.80 bits per heavy atom. The normalized spacial score (nSPS) is 11.8. The van der Waals surface area contributed by atoms with Gasteiger partial charge in [-0.15, -0.1) is 12.6 Å². The van der Waals surface area contributed by atoms with Gasteiger partial charge in [0.15, 0.2) is 0 Å². The van der Waals surface area contributed by atoms with E-state index < -0.39 is 11.9 Å². The van der Waals surface area contributed by atoms with Gasteiger partial charge < -0.3 is 15.4 Å². The summed E-state index contributed by atoms with van der Waals surface area (Å²) in [4.78, 5) is 24.4. The summed E-state index contributed by atoms with van der Waals surface area (Å²) in [6.07, 6.45) is 0. The number of thiol groups is 1. The van der Waals surface area contributed by atoms with Gasteiger partial charge in [-0.3, -0.25) is 9.59 Å². The highest BCUT2D eigenvalue weighted by Crippen LogP contribution is 2.19. The molecule has 2 amide bonds. The SMILES string of the molecule is COCCNC(=O)C(C)NC(=O)c1cc(S)ccc1Cl. The molecular formula is C13H17ClN2O3S. The van der Waals surface area contributed by atoms with Gasteiger partial charge in [0, 0.05) is 18.6 Å². The predicted octanol–water partition coefficient (Wildman–Crippen LogP) is 1.51. The van der Waals surface area contributed by atoms with Crippen molar-refractivity contribution in [1.29, 1.82) is 0 Å². The summed E-state index contributed by atoms with van der Waals surface area (Å²) in [7, 11) is 1.55. The van der Waals surface area contributed by atoms with Crippen molar-refractivity contribution >= 4 is 36.0 Å². The smallest absolute Gasteiger partial charge is 0.253 e. The van der Waals surface area contributed by atoms with E-state index in [1.807, 2.05) is 0 Å². The zero-order valence-electron chi connectivity index (χ0n) is 11.3. The lowest BCUT2D eigenvalue weighted by Crippen LogP contribution is -2.45. The van der Waals surface area contributed by atoms with Crippen LogP contribution in [-0.4, -0.2) is 38.1 Å². The van der Waals surface area contributed by atoms with Gasteiger partial charge in [0.05, 0.1) is 17.2 Å². The second kappa shape index (κ2) is 8.14. The highest BCUT2D eigenvalue weighted by molar-refractivity contribution is 7.80. The Kier molecular flexibility index (Phi) is 6.84. The molecule has 5 nitrogen and oxygen atoms in total. The largest absolute Gasteiger partial charge is 0.383 e. The zero-order valence-corrected chi connectivity index (χ0v) is 12.9. The maximum atomic E-state index is 12.0. The minimum atomic E-state index is -0.668. The molecule has 1 atom stereocenters. The maximum absolute atomic E-state index is 12.0. The van der Waals surface area contributed by atoms with Crippen molar-refractivity contribution < 1.29 is 14.3 Å². The second-order valence-electron chi connectivity index (χ2n) is 4.14. The second-order valence-corrected chi connectivity index (χ2v) is 5.07. The van der Waals surface area contributed by atoms with E-state index in [4.69, 9.17) is 16.3 Å². The number of rotatable bonds is 6. The van der Waals surface area contributed by atoms with Crippen LogP contribution in [0.2, 0.25) is 5.02 Å². The van der Waals surface area contributed by atoms with Gasteiger partial charge in [-0.25, -0.2) is 0 Å². The van der Waals surface area contributed by atoms with E-state index >= 15 is 0 Å². The third-order valence-corrected chi connectivity index (χ3v) is 3.15. The zero-order chi connectivity index (χ0) is 15.1. The molecule has 0 heterocycles. The number of halogens is 1. The molecule has 2 N–H and O–H groups in total. The summed E-state index contributed by atoms with van der Waals surface area (Å²) in [5, 5.41) is 5.53. The van der Waals surface area contributed by atoms with Gasteiger partial charge in [-0.2, -0.15) is 0 Å². The van der Waals surface area contributed by atoms with Gasteiger partial charge in [-0.1, -0.05) is 11.6 Å². The van der Waals surface area contributed by atoms with Gasteiger partial charge >= 0.3 is 0 Å². The number of carbonyl (C=O) groups is 2. The maximum Gasteiger partial charge on any atom is 0.253 e. The Bertz CT molecular complexity index is 497. The molecule has 1 aromatic rings. The average molecular weight is 317 g/mol. The van der Waals surface area contributed by atoms with Crippen molar-refractivity contribution in [2.45, 2.75) is 17.9 Å². The summed E-state index contributed by atoms with van der Waals surface area (Å²) in [5.74, 6) is -0.700. The van der Waals surface area contributed by atoms with Crippen LogP contribution in [-0.2, 0) is 9.53 Å². The molecule has 0 aliphatic heterocycles. The first-order valence-electron chi connectivity index (χ1n) is 6.01. The van der Waals surface area contributed by atoms with Crippen LogP contribution >= 0.6 is 24.2 Å². The summed E-state index contributed by atoms with van der Waals surface area (Å²) < 4.78 is 4.82. The fourth-order valence-electron chi connectivity index (χ4n) is 1.46. The first-order valence-corrected chi connectivity index (χ1v) is 6.84. The first kappa shape index (κ1) is 16.8. The lowest BCUT2D eigenvalue weighted by atomic mass is 10.2. The lowest BCUT2D eigenvalue weighted by Gasteiger charge is -2.14. The van der Waals surface area contributed by atoms with Crippen molar-refractivity contribution in [2.24, 2.45) is 0 Å². The Morgan fingerprint density at radius 2 is 2.15 bits per heavy atom. The quantitative estimate of drug-likeness (QED) is 0.550. The number of hydrogen-bond donors (Lipinski definition) is 3. The van der Waals surface area contributed by atoms with Gasteiger partial charge in [0.2, 0.25) is 5.91 Å². The van der Waals surface area contributed by atoms with Crippen molar-refractivity contribution in [3.63, 3.8) is 0 Å². The predicted molar refractivity (Wildman–Crippen MR) is 80.5 cm³/mol. The molecule has 1 unspecified atom stereocenters. The molecule has 0 aromatic heterocycles. The number of amides is 2. The molecule has 20 heavy (non-hydrogen) atoms. The number of carbonyl (C=O) groups excluding carboxylic acids is 2. The number of nitrogens with one attached hydrogen (secondary N) is 2. The summed E-state index contributed by atoms with van der Waals surface area (Å²) in [6, 6.07) is 4.15. The molecule has 0 aliphatic carbocycles. The first-order chi connectivity index (χ1) is 9.45. The van der Waals surface area contributed by atoms with Gasteiger partial charge in [-0.05, 0) is 25.1 Å². The monoisotopic (exact) mass is 316 g/mol. The van der Waals surface area contributed by atoms with E-state index in [1.165, 1.54) is 0 Å². The van der Waals surface area contributed by atoms with E-state index in [0.717, 1.165) is 0 Å². The molecular weight excluding hydrogens is 300 g/mol. The van der Waals surface area contributed by atoms with E-state index in [0.29, 0.717) is 23.1 Å². The van der Waals surface area contributed by atoms with Crippen LogP contribution in [0.4, 0.5) is 0 Å². The van der Waals surface area contributed by atoms with Crippen molar-refractivity contribution in [1.82, 2.24) is 10.6 Å². The molecule has 0 fully saturated rings. The molecule has 7 heteroatoms. The Morgan fingerprint density at radius 1 is 1.45 bits per heavy atom. The third-order valence-electron chi connectivity index (χ3n) is 2.54. The average Bonchev–Trinajstić information content (AvgIpc) is 2.41. The fourth-order valence-corrected chi connectivity index (χ4v) is 1.86. The van der Waals surface area contributed by atoms with Crippen molar-refractivity contribution in [3.8, 4) is 0 Å². The highest BCUT2D eigenvalue weighted by Gasteiger charge is 2.18. The van der Waals surface area contributed by atoms with Crippen LogP contribution in [0.5, 0.6) is 0 Å². The molecule has 0 aliphatic rings. The molecule has 110 valence electrons. The molecule has 0 bridgehead atoms. The van der Waals surface area contributed by atoms with Gasteiger partial charge in [0.25, 0.3) is 5.91 Å². The van der Waals surface area contributed by atoms with E-state index in [-0.39, 0.29) is 11.5 Å². The number of hydrogen-bond acceptors (Lipinski definition) is 4. The topological polar surface area (TPSA) is 67.4 Å². The van der Waals surface area contributed by atoms with Crippen LogP contribution in [0.25, 0.3) is 0 Å². The van der Waals surface area contributed by atoms with Crippen LogP contribution in [0, 0.1) is 0 Å². The van der Waals surface area contributed by atoms with Crippen molar-refractivity contribution in [2.75, 3.05) is 20.3 Å². The molecule has 1 aromatic carbocycles. The summed E-state index contributed by atoms with van der Waals surface area (Å²) in [5.41, 5.74) is 0.288. The summed E-state index contributed by atoms with van der Waals surface area (Å²) in [6.45, 7) is 2.40. The van der Waals surface area contributed by atoms with Crippen LogP contribution in [0.3, 0.4) is 0 Å². The Balaban J connectivity index is 2.61. The number of methoxy groups -OCH3 is 1. The molecule has 0 saturated heterocycles. The van der Waals surface area contributed by atoms with Crippen LogP contribution in [0.15, 0.2) is 23.1 Å². The van der Waals surface area contributed by atoms with E-state index in [9.17, 15) is 9.59 Å². The molecule has 1 rings (SSSR count). The van der Waals surface area contributed by atoms with Crippen LogP contribution in [0.1, 0.15) is 17.3 Å². The van der Waals surface area contributed by atoms with E-state index in [1.54, 1.807) is 32.2 Å². The molecule has 0 radical (unpaired) electrons. The minimum Gasteiger partial charge on any atom is -0.383 e. The fraction of sp³-hybridized carbons (Fsp3) is 0.385. The van der Waals surface area contributed by atoms with E-state index in [2.05, 4.69) is 23.3 Å². The highest BCUT2D eigenvalue weighted by atomic mass is 35.5. The Hall–Kier alpha value is -1.24.